The van der Waals surface area contributed by atoms with Crippen molar-refractivity contribution in [1.82, 2.24) is 4.98 Å². The van der Waals surface area contributed by atoms with E-state index in [1.807, 2.05) is 19.1 Å². The lowest BCUT2D eigenvalue weighted by atomic mass is 9.95. The predicted octanol–water partition coefficient (Wildman–Crippen LogP) is 4.67. The summed E-state index contributed by atoms with van der Waals surface area (Å²) in [6.45, 7) is 1.93. The first-order valence-electron chi connectivity index (χ1n) is 9.01. The number of aromatic nitrogens is 1. The second kappa shape index (κ2) is 7.53. The Morgan fingerprint density at radius 3 is 2.38 bits per heavy atom. The van der Waals surface area contributed by atoms with Gasteiger partial charge in [0.25, 0.3) is 11.7 Å². The van der Waals surface area contributed by atoms with Gasteiger partial charge in [0.1, 0.15) is 5.76 Å². The number of benzene rings is 2. The average molecular weight is 405 g/mol. The van der Waals surface area contributed by atoms with Crippen LogP contribution in [-0.4, -0.2) is 21.8 Å². The fourth-order valence-electron chi connectivity index (χ4n) is 3.45. The Labute approximate surface area is 172 Å². The zero-order chi connectivity index (χ0) is 20.5. The highest BCUT2D eigenvalue weighted by Crippen LogP contribution is 2.42. The van der Waals surface area contributed by atoms with Crippen molar-refractivity contribution in [2.45, 2.75) is 13.0 Å². The molecule has 0 radical (unpaired) electrons. The molecule has 2 aromatic carbocycles. The number of anilines is 1. The van der Waals surface area contributed by atoms with Crippen LogP contribution >= 0.6 is 11.6 Å². The van der Waals surface area contributed by atoms with Crippen LogP contribution in [0.3, 0.4) is 0 Å². The highest BCUT2D eigenvalue weighted by Gasteiger charge is 2.46. The van der Waals surface area contributed by atoms with Gasteiger partial charge in [0.2, 0.25) is 0 Å². The van der Waals surface area contributed by atoms with Crippen LogP contribution in [0.5, 0.6) is 0 Å². The Balaban J connectivity index is 1.94. The number of aryl methyl sites for hydroxylation is 1. The van der Waals surface area contributed by atoms with Crippen molar-refractivity contribution in [1.29, 1.82) is 0 Å². The van der Waals surface area contributed by atoms with E-state index in [-0.39, 0.29) is 11.3 Å². The smallest absolute Gasteiger partial charge is 0.300 e. The first-order valence-corrected chi connectivity index (χ1v) is 9.38. The number of ketones is 1. The summed E-state index contributed by atoms with van der Waals surface area (Å²) in [6.07, 6.45) is 3.17. The van der Waals surface area contributed by atoms with Gasteiger partial charge < -0.3 is 5.11 Å². The third-order valence-electron chi connectivity index (χ3n) is 4.88. The van der Waals surface area contributed by atoms with Crippen LogP contribution in [0, 0.1) is 6.92 Å². The van der Waals surface area contributed by atoms with Gasteiger partial charge >= 0.3 is 0 Å². The third kappa shape index (κ3) is 3.41. The number of halogens is 1. The van der Waals surface area contributed by atoms with E-state index in [1.165, 1.54) is 4.90 Å². The number of amides is 1. The van der Waals surface area contributed by atoms with E-state index >= 15 is 0 Å². The molecule has 0 saturated carbocycles. The number of rotatable bonds is 3. The van der Waals surface area contributed by atoms with Gasteiger partial charge in [0, 0.05) is 28.7 Å². The molecule has 6 heteroatoms. The molecule has 29 heavy (non-hydrogen) atoms. The highest BCUT2D eigenvalue weighted by molar-refractivity contribution is 6.51. The summed E-state index contributed by atoms with van der Waals surface area (Å²) in [7, 11) is 0. The Kier molecular flexibility index (Phi) is 4.91. The molecule has 1 amide bonds. The van der Waals surface area contributed by atoms with Crippen molar-refractivity contribution >= 4 is 34.7 Å². The van der Waals surface area contributed by atoms with Crippen LogP contribution in [0.4, 0.5) is 5.69 Å². The molecule has 2 heterocycles. The summed E-state index contributed by atoms with van der Waals surface area (Å²) in [5.41, 5.74) is 2.66. The number of aliphatic hydroxyl groups excluding tert-OH is 1. The maximum Gasteiger partial charge on any atom is 0.300 e. The van der Waals surface area contributed by atoms with Crippen molar-refractivity contribution in [3.8, 4) is 0 Å². The van der Waals surface area contributed by atoms with Crippen LogP contribution in [0.1, 0.15) is 22.7 Å². The van der Waals surface area contributed by atoms with Gasteiger partial charge in [-0.25, -0.2) is 0 Å². The third-order valence-corrected chi connectivity index (χ3v) is 5.11. The summed E-state index contributed by atoms with van der Waals surface area (Å²) in [4.78, 5) is 31.3. The SMILES string of the molecule is Cc1ccc(/C(O)=C2\C(=O)C(=O)N(c3cccc(Cl)c3)C2c2ccncc2)cc1. The summed E-state index contributed by atoms with van der Waals surface area (Å²) in [5, 5.41) is 11.4. The Hall–Kier alpha value is -3.44. The van der Waals surface area contributed by atoms with Gasteiger partial charge in [-0.2, -0.15) is 0 Å². The van der Waals surface area contributed by atoms with E-state index in [4.69, 9.17) is 11.6 Å². The topological polar surface area (TPSA) is 70.5 Å². The van der Waals surface area contributed by atoms with Crippen molar-refractivity contribution in [3.63, 3.8) is 0 Å². The van der Waals surface area contributed by atoms with Crippen molar-refractivity contribution in [3.05, 3.63) is 100 Å². The number of hydrogen-bond acceptors (Lipinski definition) is 4. The van der Waals surface area contributed by atoms with E-state index in [2.05, 4.69) is 4.98 Å². The van der Waals surface area contributed by atoms with Gasteiger partial charge in [-0.1, -0.05) is 47.5 Å². The number of carbonyl (C=O) groups excluding carboxylic acids is 2. The maximum absolute atomic E-state index is 13.0. The Morgan fingerprint density at radius 2 is 1.72 bits per heavy atom. The fraction of sp³-hybridized carbons (Fsp3) is 0.0870. The van der Waals surface area contributed by atoms with Crippen molar-refractivity contribution in [2.75, 3.05) is 4.90 Å². The largest absolute Gasteiger partial charge is 0.507 e. The molecule has 4 rings (SSSR count). The van der Waals surface area contributed by atoms with Crippen molar-refractivity contribution in [2.24, 2.45) is 0 Å². The van der Waals surface area contributed by atoms with Crippen molar-refractivity contribution < 1.29 is 14.7 Å². The molecule has 0 spiro atoms. The summed E-state index contributed by atoms with van der Waals surface area (Å²) < 4.78 is 0. The number of nitrogens with zero attached hydrogens (tertiary/aromatic N) is 2. The lowest BCUT2D eigenvalue weighted by Gasteiger charge is -2.25. The second-order valence-electron chi connectivity index (χ2n) is 6.80. The van der Waals surface area contributed by atoms with E-state index in [1.54, 1.807) is 60.9 Å². The molecule has 1 fully saturated rings. The maximum atomic E-state index is 13.0. The number of Topliss-reactive ketones (excluding diaryl/α,β-unsaturated/α-hetero) is 1. The lowest BCUT2D eigenvalue weighted by Crippen LogP contribution is -2.29. The Morgan fingerprint density at radius 1 is 1.03 bits per heavy atom. The number of pyridine rings is 1. The number of hydrogen-bond donors (Lipinski definition) is 1. The Bertz CT molecular complexity index is 1120. The first kappa shape index (κ1) is 18.9. The van der Waals surface area contributed by atoms with Crippen LogP contribution < -0.4 is 4.90 Å². The minimum absolute atomic E-state index is 0.0324. The molecule has 3 aromatic rings. The standard InChI is InChI=1S/C23H17ClN2O3/c1-14-5-7-16(8-6-14)21(27)19-20(15-9-11-25-12-10-15)26(23(29)22(19)28)18-4-2-3-17(24)13-18/h2-13,20,27H,1H3/b21-19+. The lowest BCUT2D eigenvalue weighted by molar-refractivity contribution is -0.132. The van der Waals surface area contributed by atoms with Gasteiger partial charge in [-0.05, 0) is 42.8 Å². The molecular formula is C23H17ClN2O3. The highest BCUT2D eigenvalue weighted by atomic mass is 35.5. The van der Waals surface area contributed by atoms with E-state index < -0.39 is 17.7 Å². The minimum atomic E-state index is -0.794. The monoisotopic (exact) mass is 404 g/mol. The quantitative estimate of drug-likeness (QED) is 0.391. The van der Waals surface area contributed by atoms with Crippen LogP contribution in [0.2, 0.25) is 5.02 Å². The molecule has 1 atom stereocenters. The zero-order valence-electron chi connectivity index (χ0n) is 15.5. The summed E-state index contributed by atoms with van der Waals surface area (Å²) in [6, 6.07) is 16.5. The molecule has 0 bridgehead atoms. The molecule has 1 saturated heterocycles. The van der Waals surface area contributed by atoms with Gasteiger partial charge in [-0.15, -0.1) is 0 Å². The normalized spacial score (nSPS) is 18.3. The molecule has 1 N–H and O–H groups in total. The molecular weight excluding hydrogens is 388 g/mol. The molecule has 1 aliphatic rings. The zero-order valence-corrected chi connectivity index (χ0v) is 16.3. The summed E-state index contributed by atoms with van der Waals surface area (Å²) in [5.74, 6) is -1.68. The van der Waals surface area contributed by atoms with Crippen LogP contribution in [-0.2, 0) is 9.59 Å². The first-order chi connectivity index (χ1) is 14.0. The van der Waals surface area contributed by atoms with Gasteiger partial charge in [0.15, 0.2) is 0 Å². The number of aliphatic hydroxyl groups is 1. The molecule has 1 unspecified atom stereocenters. The second-order valence-corrected chi connectivity index (χ2v) is 7.23. The van der Waals surface area contributed by atoms with Crippen LogP contribution in [0.15, 0.2) is 78.6 Å². The average Bonchev–Trinajstić information content (AvgIpc) is 2.99. The molecule has 1 aliphatic heterocycles. The fourth-order valence-corrected chi connectivity index (χ4v) is 3.64. The summed E-state index contributed by atoms with van der Waals surface area (Å²) >= 11 is 6.12. The van der Waals surface area contributed by atoms with E-state index in [9.17, 15) is 14.7 Å². The van der Waals surface area contributed by atoms with E-state index in [0.29, 0.717) is 21.8 Å². The molecule has 1 aromatic heterocycles. The molecule has 144 valence electrons. The van der Waals surface area contributed by atoms with Gasteiger partial charge in [0.05, 0.1) is 11.6 Å². The van der Waals surface area contributed by atoms with Crippen LogP contribution in [0.25, 0.3) is 5.76 Å². The number of carbonyl (C=O) groups is 2. The predicted molar refractivity (Wildman–Crippen MR) is 112 cm³/mol. The minimum Gasteiger partial charge on any atom is -0.507 e. The molecule has 0 aliphatic carbocycles. The van der Waals surface area contributed by atoms with Gasteiger partial charge in [-0.3, -0.25) is 19.5 Å². The molecule has 5 nitrogen and oxygen atoms in total. The van der Waals surface area contributed by atoms with E-state index in [0.717, 1.165) is 5.56 Å².